The van der Waals surface area contributed by atoms with E-state index in [0.717, 1.165) is 63.2 Å². The van der Waals surface area contributed by atoms with Crippen molar-refractivity contribution < 1.29 is 14.3 Å². The minimum Gasteiger partial charge on any atom is -0.493 e. The third-order valence-electron chi connectivity index (χ3n) is 5.95. The van der Waals surface area contributed by atoms with Crippen molar-refractivity contribution in [2.75, 3.05) is 32.8 Å². The van der Waals surface area contributed by atoms with Crippen molar-refractivity contribution in [3.63, 3.8) is 0 Å². The molecule has 0 atom stereocenters. The molecule has 6 heteroatoms. The molecule has 0 saturated carbocycles. The summed E-state index contributed by atoms with van der Waals surface area (Å²) in [5.74, 6) is 1.34. The molecule has 0 bridgehead atoms. The predicted molar refractivity (Wildman–Crippen MR) is 117 cm³/mol. The largest absolute Gasteiger partial charge is 0.493 e. The van der Waals surface area contributed by atoms with E-state index in [1.165, 1.54) is 0 Å². The number of piperidine rings is 1. The number of carbonyl (C=O) groups excluding carboxylic acids is 2. The summed E-state index contributed by atoms with van der Waals surface area (Å²) in [7, 11) is 0. The van der Waals surface area contributed by atoms with Crippen LogP contribution in [-0.4, -0.2) is 54.4 Å². The first-order valence-corrected chi connectivity index (χ1v) is 11.0. The Labute approximate surface area is 182 Å². The van der Waals surface area contributed by atoms with E-state index in [-0.39, 0.29) is 11.8 Å². The van der Waals surface area contributed by atoms with E-state index in [1.807, 2.05) is 40.1 Å². The molecule has 2 aliphatic rings. The first-order chi connectivity index (χ1) is 14.6. The molecule has 2 amide bonds. The molecule has 0 aliphatic carbocycles. The van der Waals surface area contributed by atoms with Crippen molar-refractivity contribution in [2.45, 2.75) is 25.7 Å². The molecule has 0 radical (unpaired) electrons. The van der Waals surface area contributed by atoms with Gasteiger partial charge in [0, 0.05) is 42.3 Å². The van der Waals surface area contributed by atoms with E-state index in [4.69, 9.17) is 16.3 Å². The molecule has 0 unspecified atom stereocenters. The summed E-state index contributed by atoms with van der Waals surface area (Å²) in [4.78, 5) is 28.8. The Hall–Kier alpha value is -2.53. The third-order valence-corrected chi connectivity index (χ3v) is 6.19. The Balaban J connectivity index is 1.23. The second kappa shape index (κ2) is 9.52. The van der Waals surface area contributed by atoms with Gasteiger partial charge in [0.1, 0.15) is 5.75 Å². The maximum Gasteiger partial charge on any atom is 0.253 e. The highest BCUT2D eigenvalue weighted by atomic mass is 35.5. The van der Waals surface area contributed by atoms with Gasteiger partial charge < -0.3 is 14.5 Å². The van der Waals surface area contributed by atoms with Crippen LogP contribution in [0.3, 0.4) is 0 Å². The van der Waals surface area contributed by atoms with Crippen LogP contribution in [0, 0.1) is 5.92 Å². The number of hydrogen-bond donors (Lipinski definition) is 0. The summed E-state index contributed by atoms with van der Waals surface area (Å²) in [5.41, 5.74) is 1.36. The van der Waals surface area contributed by atoms with Gasteiger partial charge in [0.25, 0.3) is 11.8 Å². The Bertz CT molecular complexity index is 886. The van der Waals surface area contributed by atoms with Gasteiger partial charge in [-0.1, -0.05) is 17.7 Å². The van der Waals surface area contributed by atoms with Crippen molar-refractivity contribution >= 4 is 23.4 Å². The lowest BCUT2D eigenvalue weighted by atomic mass is 9.97. The molecule has 5 nitrogen and oxygen atoms in total. The lowest BCUT2D eigenvalue weighted by Crippen LogP contribution is -2.39. The average Bonchev–Trinajstić information content (AvgIpc) is 3.32. The quantitative estimate of drug-likeness (QED) is 0.706. The number of benzene rings is 2. The average molecular weight is 427 g/mol. The Morgan fingerprint density at radius 2 is 1.50 bits per heavy atom. The second-order valence-corrected chi connectivity index (χ2v) is 8.52. The number of nitrogens with zero attached hydrogens (tertiary/aromatic N) is 2. The van der Waals surface area contributed by atoms with Crippen LogP contribution >= 0.6 is 11.6 Å². The smallest absolute Gasteiger partial charge is 0.253 e. The van der Waals surface area contributed by atoms with Gasteiger partial charge >= 0.3 is 0 Å². The second-order valence-electron chi connectivity index (χ2n) is 8.08. The highest BCUT2D eigenvalue weighted by Crippen LogP contribution is 2.22. The molecule has 0 N–H and O–H groups in total. The summed E-state index contributed by atoms with van der Waals surface area (Å²) < 4.78 is 5.96. The molecule has 2 aromatic rings. The lowest BCUT2D eigenvalue weighted by Gasteiger charge is -2.32. The van der Waals surface area contributed by atoms with Crippen LogP contribution in [0.1, 0.15) is 46.4 Å². The predicted octanol–water partition coefficient (Wildman–Crippen LogP) is 4.51. The van der Waals surface area contributed by atoms with E-state index < -0.39 is 0 Å². The monoisotopic (exact) mass is 426 g/mol. The summed E-state index contributed by atoms with van der Waals surface area (Å²) in [6.45, 7) is 3.79. The van der Waals surface area contributed by atoms with Crippen molar-refractivity contribution in [1.82, 2.24) is 9.80 Å². The summed E-state index contributed by atoms with van der Waals surface area (Å²) in [6, 6.07) is 14.6. The van der Waals surface area contributed by atoms with Crippen LogP contribution in [-0.2, 0) is 0 Å². The van der Waals surface area contributed by atoms with Crippen LogP contribution in [0.25, 0.3) is 0 Å². The molecule has 2 saturated heterocycles. The molecule has 0 aromatic heterocycles. The normalized spacial score (nSPS) is 17.2. The molecule has 2 aromatic carbocycles. The molecule has 0 spiro atoms. The fourth-order valence-corrected chi connectivity index (χ4v) is 4.31. The first kappa shape index (κ1) is 20.7. The SMILES string of the molecule is O=C(c1ccc(OCC2CCN(C(=O)c3cccc(Cl)c3)CC2)cc1)N1CCCC1. The molecular formula is C24H27ClN2O3. The van der Waals surface area contributed by atoms with Crippen LogP contribution in [0.4, 0.5) is 0 Å². The number of amides is 2. The minimum absolute atomic E-state index is 0.0372. The fourth-order valence-electron chi connectivity index (χ4n) is 4.12. The molecule has 2 aliphatic heterocycles. The zero-order valence-electron chi connectivity index (χ0n) is 17.1. The highest BCUT2D eigenvalue weighted by Gasteiger charge is 2.24. The molecular weight excluding hydrogens is 400 g/mol. The van der Waals surface area contributed by atoms with Crippen LogP contribution in [0.2, 0.25) is 5.02 Å². The molecule has 2 fully saturated rings. The standard InChI is InChI=1S/C24H27ClN2O3/c25-21-5-3-4-20(16-21)24(29)27-14-10-18(11-15-27)17-30-22-8-6-19(7-9-22)23(28)26-12-1-2-13-26/h3-9,16,18H,1-2,10-15,17H2. The molecule has 4 rings (SSSR count). The van der Waals surface area contributed by atoms with Gasteiger partial charge in [0.05, 0.1) is 6.61 Å². The minimum atomic E-state index is 0.0372. The zero-order chi connectivity index (χ0) is 20.9. The maximum absolute atomic E-state index is 12.6. The summed E-state index contributed by atoms with van der Waals surface area (Å²) in [6.07, 6.45) is 4.02. The third kappa shape index (κ3) is 4.96. The van der Waals surface area contributed by atoms with Gasteiger partial charge in [-0.05, 0) is 74.1 Å². The molecule has 30 heavy (non-hydrogen) atoms. The fraction of sp³-hybridized carbons (Fsp3) is 0.417. The van der Waals surface area contributed by atoms with Crippen LogP contribution in [0.5, 0.6) is 5.75 Å². The van der Waals surface area contributed by atoms with E-state index in [9.17, 15) is 9.59 Å². The van der Waals surface area contributed by atoms with Crippen LogP contribution in [0.15, 0.2) is 48.5 Å². The van der Waals surface area contributed by atoms with Crippen molar-refractivity contribution in [3.8, 4) is 5.75 Å². The van der Waals surface area contributed by atoms with E-state index in [0.29, 0.717) is 23.1 Å². The Kier molecular flexibility index (Phi) is 6.58. The van der Waals surface area contributed by atoms with E-state index in [2.05, 4.69) is 0 Å². The Morgan fingerprint density at radius 3 is 2.17 bits per heavy atom. The van der Waals surface area contributed by atoms with Crippen LogP contribution < -0.4 is 4.74 Å². The maximum atomic E-state index is 12.6. The van der Waals surface area contributed by atoms with Gasteiger partial charge in [-0.15, -0.1) is 0 Å². The Morgan fingerprint density at radius 1 is 0.867 bits per heavy atom. The van der Waals surface area contributed by atoms with E-state index in [1.54, 1.807) is 18.2 Å². The molecule has 2 heterocycles. The number of likely N-dealkylation sites (tertiary alicyclic amines) is 2. The van der Waals surface area contributed by atoms with Gasteiger partial charge in [0.2, 0.25) is 0 Å². The first-order valence-electron chi connectivity index (χ1n) is 10.7. The zero-order valence-corrected chi connectivity index (χ0v) is 17.8. The summed E-state index contributed by atoms with van der Waals surface area (Å²) >= 11 is 6.00. The van der Waals surface area contributed by atoms with Crippen molar-refractivity contribution in [2.24, 2.45) is 5.92 Å². The lowest BCUT2D eigenvalue weighted by molar-refractivity contribution is 0.0660. The van der Waals surface area contributed by atoms with Gasteiger partial charge in [-0.3, -0.25) is 9.59 Å². The number of carbonyl (C=O) groups is 2. The summed E-state index contributed by atoms with van der Waals surface area (Å²) in [5, 5.41) is 0.581. The number of ether oxygens (including phenoxy) is 1. The topological polar surface area (TPSA) is 49.9 Å². The number of halogens is 1. The van der Waals surface area contributed by atoms with Crippen molar-refractivity contribution in [3.05, 3.63) is 64.7 Å². The van der Waals surface area contributed by atoms with Gasteiger partial charge in [-0.2, -0.15) is 0 Å². The number of rotatable bonds is 5. The van der Waals surface area contributed by atoms with Crippen molar-refractivity contribution in [1.29, 1.82) is 0 Å². The van der Waals surface area contributed by atoms with E-state index >= 15 is 0 Å². The molecule has 158 valence electrons. The van der Waals surface area contributed by atoms with Gasteiger partial charge in [0.15, 0.2) is 0 Å². The number of hydrogen-bond acceptors (Lipinski definition) is 3. The highest BCUT2D eigenvalue weighted by molar-refractivity contribution is 6.30. The van der Waals surface area contributed by atoms with Gasteiger partial charge in [-0.25, -0.2) is 0 Å².